The summed E-state index contributed by atoms with van der Waals surface area (Å²) in [5.74, 6) is 0.832. The van der Waals surface area contributed by atoms with E-state index in [-0.39, 0.29) is 12.2 Å². The van der Waals surface area contributed by atoms with Crippen molar-refractivity contribution in [2.75, 3.05) is 11.9 Å². The number of nitrogens with zero attached hydrogens (tertiary/aromatic N) is 2. The van der Waals surface area contributed by atoms with Gasteiger partial charge in [-0.3, -0.25) is 0 Å². The molecule has 0 aliphatic carbocycles. The first kappa shape index (κ1) is 17.1. The van der Waals surface area contributed by atoms with E-state index in [4.69, 9.17) is 16.1 Å². The van der Waals surface area contributed by atoms with Crippen LogP contribution in [0.15, 0.2) is 22.7 Å². The molecule has 0 saturated heterocycles. The Morgan fingerprint density at radius 2 is 2.13 bits per heavy atom. The molecular formula is C13H12ClF3N4O2. The van der Waals surface area contributed by atoms with E-state index in [0.29, 0.717) is 18.1 Å². The fourth-order valence-corrected chi connectivity index (χ4v) is 1.94. The van der Waals surface area contributed by atoms with Crippen molar-refractivity contribution in [3.8, 4) is 0 Å². The topological polar surface area (TPSA) is 80.0 Å². The number of amides is 2. The number of rotatable bonds is 4. The summed E-state index contributed by atoms with van der Waals surface area (Å²) in [6.07, 6.45) is -4.29. The normalized spacial score (nSPS) is 11.3. The number of carbonyl (C=O) groups excluding carboxylic acids is 1. The molecule has 0 unspecified atom stereocenters. The monoisotopic (exact) mass is 348 g/mol. The van der Waals surface area contributed by atoms with Gasteiger partial charge >= 0.3 is 12.2 Å². The zero-order valence-corrected chi connectivity index (χ0v) is 12.6. The standard InChI is InChI=1S/C13H12ClF3N4O2/c1-7-19-11(23-21-7)4-5-18-12(22)20-8-2-3-10(14)9(6-8)13(15,16)17/h2-3,6H,4-5H2,1H3,(H2,18,20,22). The first-order valence-electron chi connectivity index (χ1n) is 6.46. The summed E-state index contributed by atoms with van der Waals surface area (Å²) in [5.41, 5.74) is -1.04. The molecule has 0 atom stereocenters. The summed E-state index contributed by atoms with van der Waals surface area (Å²) in [7, 11) is 0. The molecule has 2 aromatic rings. The number of aryl methyl sites for hydroxylation is 1. The minimum absolute atomic E-state index is 0.0205. The lowest BCUT2D eigenvalue weighted by molar-refractivity contribution is -0.137. The van der Waals surface area contributed by atoms with E-state index in [1.165, 1.54) is 6.07 Å². The Labute approximate surface area is 134 Å². The van der Waals surface area contributed by atoms with E-state index in [2.05, 4.69) is 20.8 Å². The number of hydrogen-bond donors (Lipinski definition) is 2. The highest BCUT2D eigenvalue weighted by molar-refractivity contribution is 6.31. The summed E-state index contributed by atoms with van der Waals surface area (Å²) < 4.78 is 43.0. The quantitative estimate of drug-likeness (QED) is 0.887. The van der Waals surface area contributed by atoms with Crippen LogP contribution in [0.3, 0.4) is 0 Å². The Morgan fingerprint density at radius 1 is 1.39 bits per heavy atom. The smallest absolute Gasteiger partial charge is 0.339 e. The first-order chi connectivity index (χ1) is 10.8. The Hall–Kier alpha value is -2.29. The maximum Gasteiger partial charge on any atom is 0.417 e. The molecule has 0 aliphatic heterocycles. The van der Waals surface area contributed by atoms with Gasteiger partial charge in [-0.15, -0.1) is 0 Å². The van der Waals surface area contributed by atoms with Gasteiger partial charge in [0.2, 0.25) is 5.89 Å². The van der Waals surface area contributed by atoms with Crippen molar-refractivity contribution in [2.24, 2.45) is 0 Å². The molecule has 2 N–H and O–H groups in total. The number of nitrogens with one attached hydrogen (secondary N) is 2. The molecule has 1 aromatic heterocycles. The van der Waals surface area contributed by atoms with Gasteiger partial charge in [0.1, 0.15) is 0 Å². The van der Waals surface area contributed by atoms with Gasteiger partial charge in [0.15, 0.2) is 5.82 Å². The molecule has 0 spiro atoms. The predicted molar refractivity (Wildman–Crippen MR) is 76.2 cm³/mol. The Balaban J connectivity index is 1.90. The number of hydrogen-bond acceptors (Lipinski definition) is 4. The van der Waals surface area contributed by atoms with Gasteiger partial charge in [0.25, 0.3) is 0 Å². The van der Waals surface area contributed by atoms with Crippen LogP contribution < -0.4 is 10.6 Å². The Kier molecular flexibility index (Phi) is 5.09. The van der Waals surface area contributed by atoms with E-state index in [1.54, 1.807) is 6.92 Å². The average Bonchev–Trinajstić information content (AvgIpc) is 2.85. The van der Waals surface area contributed by atoms with Crippen molar-refractivity contribution >= 4 is 23.3 Å². The summed E-state index contributed by atoms with van der Waals surface area (Å²) in [6, 6.07) is 2.46. The summed E-state index contributed by atoms with van der Waals surface area (Å²) in [6.45, 7) is 1.85. The second-order valence-electron chi connectivity index (χ2n) is 4.56. The van der Waals surface area contributed by atoms with Gasteiger partial charge in [0.05, 0.1) is 10.6 Å². The van der Waals surface area contributed by atoms with E-state index in [0.717, 1.165) is 12.1 Å². The van der Waals surface area contributed by atoms with Crippen LogP contribution in [0.4, 0.5) is 23.7 Å². The SMILES string of the molecule is Cc1noc(CCNC(=O)Nc2ccc(Cl)c(C(F)(F)F)c2)n1. The van der Waals surface area contributed by atoms with Gasteiger partial charge in [-0.05, 0) is 25.1 Å². The third kappa shape index (κ3) is 4.85. The summed E-state index contributed by atoms with van der Waals surface area (Å²) >= 11 is 5.50. The zero-order chi connectivity index (χ0) is 17.0. The van der Waals surface area contributed by atoms with Gasteiger partial charge in [-0.1, -0.05) is 16.8 Å². The van der Waals surface area contributed by atoms with Crippen LogP contribution in [0.2, 0.25) is 5.02 Å². The predicted octanol–water partition coefficient (Wildman–Crippen LogP) is 3.41. The number of benzene rings is 1. The average molecular weight is 349 g/mol. The Morgan fingerprint density at radius 3 is 2.74 bits per heavy atom. The number of anilines is 1. The van der Waals surface area contributed by atoms with Crippen molar-refractivity contribution in [2.45, 2.75) is 19.5 Å². The first-order valence-corrected chi connectivity index (χ1v) is 6.84. The van der Waals surface area contributed by atoms with Gasteiger partial charge < -0.3 is 15.2 Å². The molecule has 1 heterocycles. The Bertz CT molecular complexity index is 703. The lowest BCUT2D eigenvalue weighted by atomic mass is 10.2. The number of halogens is 4. The van der Waals surface area contributed by atoms with Gasteiger partial charge in [-0.2, -0.15) is 18.2 Å². The highest BCUT2D eigenvalue weighted by atomic mass is 35.5. The third-order valence-corrected chi connectivity index (χ3v) is 3.05. The van der Waals surface area contributed by atoms with E-state index in [9.17, 15) is 18.0 Å². The highest BCUT2D eigenvalue weighted by Gasteiger charge is 2.33. The summed E-state index contributed by atoms with van der Waals surface area (Å²) in [5, 5.41) is 7.92. The largest absolute Gasteiger partial charge is 0.417 e. The zero-order valence-electron chi connectivity index (χ0n) is 11.9. The van der Waals surface area contributed by atoms with Crippen LogP contribution in [0.25, 0.3) is 0 Å². The third-order valence-electron chi connectivity index (χ3n) is 2.72. The maximum absolute atomic E-state index is 12.7. The highest BCUT2D eigenvalue weighted by Crippen LogP contribution is 2.36. The molecule has 0 bridgehead atoms. The number of alkyl halides is 3. The molecule has 10 heteroatoms. The number of urea groups is 1. The van der Waals surface area contributed by atoms with Crippen LogP contribution in [0.5, 0.6) is 0 Å². The number of carbonyl (C=O) groups is 1. The van der Waals surface area contributed by atoms with Crippen LogP contribution in [0, 0.1) is 6.92 Å². The molecule has 124 valence electrons. The molecule has 0 aliphatic rings. The van der Waals surface area contributed by atoms with Crippen molar-refractivity contribution in [1.82, 2.24) is 15.5 Å². The molecule has 6 nitrogen and oxygen atoms in total. The van der Waals surface area contributed by atoms with Crippen molar-refractivity contribution < 1.29 is 22.5 Å². The molecular weight excluding hydrogens is 337 g/mol. The lowest BCUT2D eigenvalue weighted by Crippen LogP contribution is -2.30. The molecule has 1 aromatic carbocycles. The molecule has 0 fully saturated rings. The minimum atomic E-state index is -4.60. The van der Waals surface area contributed by atoms with Crippen LogP contribution in [-0.4, -0.2) is 22.7 Å². The van der Waals surface area contributed by atoms with E-state index >= 15 is 0 Å². The molecule has 0 saturated carbocycles. The fraction of sp³-hybridized carbons (Fsp3) is 0.308. The molecule has 2 rings (SSSR count). The second kappa shape index (κ2) is 6.86. The minimum Gasteiger partial charge on any atom is -0.339 e. The molecule has 2 amide bonds. The lowest BCUT2D eigenvalue weighted by Gasteiger charge is -2.12. The van der Waals surface area contributed by atoms with Crippen molar-refractivity contribution in [3.05, 3.63) is 40.5 Å². The van der Waals surface area contributed by atoms with E-state index in [1.807, 2.05) is 0 Å². The number of aromatic nitrogens is 2. The second-order valence-corrected chi connectivity index (χ2v) is 4.97. The fourth-order valence-electron chi connectivity index (χ4n) is 1.72. The van der Waals surface area contributed by atoms with Crippen molar-refractivity contribution in [1.29, 1.82) is 0 Å². The van der Waals surface area contributed by atoms with Gasteiger partial charge in [-0.25, -0.2) is 4.79 Å². The molecule has 0 radical (unpaired) electrons. The van der Waals surface area contributed by atoms with Crippen LogP contribution in [0.1, 0.15) is 17.3 Å². The van der Waals surface area contributed by atoms with Crippen molar-refractivity contribution in [3.63, 3.8) is 0 Å². The molecule has 23 heavy (non-hydrogen) atoms. The van der Waals surface area contributed by atoms with Crippen LogP contribution in [-0.2, 0) is 12.6 Å². The van der Waals surface area contributed by atoms with Crippen LogP contribution >= 0.6 is 11.6 Å². The maximum atomic E-state index is 12.7. The summed E-state index contributed by atoms with van der Waals surface area (Å²) in [4.78, 5) is 15.6. The van der Waals surface area contributed by atoms with Gasteiger partial charge in [0, 0.05) is 18.7 Å². The van der Waals surface area contributed by atoms with E-state index < -0.39 is 22.8 Å².